The average molecular weight is 189 g/mol. The summed E-state index contributed by atoms with van der Waals surface area (Å²) < 4.78 is 12.0. The first kappa shape index (κ1) is 10.9. The monoisotopic (exact) mass is 189 g/mol. The number of hydrogen-bond donors (Lipinski definition) is 1. The zero-order valence-corrected chi connectivity index (χ0v) is 8.38. The fourth-order valence-corrected chi connectivity index (χ4v) is 2.11. The van der Waals surface area contributed by atoms with Gasteiger partial charge in [0.15, 0.2) is 0 Å². The van der Waals surface area contributed by atoms with Crippen LogP contribution in [0.1, 0.15) is 32.6 Å². The third-order valence-corrected chi connectivity index (χ3v) is 2.69. The summed E-state index contributed by atoms with van der Waals surface area (Å²) in [6.07, 6.45) is 3.61. The number of rotatable bonds is 5. The van der Waals surface area contributed by atoms with E-state index in [2.05, 4.69) is 4.90 Å². The molecule has 0 amide bonds. The Balaban J connectivity index is 2.26. The first-order valence-corrected chi connectivity index (χ1v) is 5.22. The molecule has 2 atom stereocenters. The first-order chi connectivity index (χ1) is 6.24. The quantitative estimate of drug-likeness (QED) is 0.710. The Morgan fingerprint density at radius 2 is 2.38 bits per heavy atom. The normalized spacial score (nSPS) is 26.5. The largest absolute Gasteiger partial charge is 0.393 e. The molecule has 78 valence electrons. The highest BCUT2D eigenvalue weighted by atomic mass is 19.1. The molecule has 0 aromatic carbocycles. The van der Waals surface area contributed by atoms with Gasteiger partial charge in [0.2, 0.25) is 0 Å². The Labute approximate surface area is 79.7 Å². The van der Waals surface area contributed by atoms with Gasteiger partial charge in [-0.15, -0.1) is 0 Å². The van der Waals surface area contributed by atoms with E-state index in [0.717, 1.165) is 25.9 Å². The van der Waals surface area contributed by atoms with Crippen molar-refractivity contribution in [3.8, 4) is 0 Å². The van der Waals surface area contributed by atoms with Crippen molar-refractivity contribution in [2.75, 3.05) is 19.8 Å². The summed E-state index contributed by atoms with van der Waals surface area (Å²) in [6.45, 7) is 3.54. The molecule has 1 N–H and O–H groups in total. The van der Waals surface area contributed by atoms with Crippen LogP contribution in [0.4, 0.5) is 4.39 Å². The average Bonchev–Trinajstić information content (AvgIpc) is 2.48. The highest BCUT2D eigenvalue weighted by Gasteiger charge is 2.24. The van der Waals surface area contributed by atoms with Crippen LogP contribution in [0.3, 0.4) is 0 Å². The predicted octanol–water partition coefficient (Wildman–Crippen LogP) is 1.58. The van der Waals surface area contributed by atoms with Gasteiger partial charge in [-0.2, -0.15) is 0 Å². The van der Waals surface area contributed by atoms with Crippen LogP contribution in [0, 0.1) is 0 Å². The van der Waals surface area contributed by atoms with Gasteiger partial charge >= 0.3 is 0 Å². The number of aliphatic hydroxyl groups excluding tert-OH is 1. The molecule has 1 aliphatic heterocycles. The van der Waals surface area contributed by atoms with E-state index in [9.17, 15) is 9.50 Å². The Morgan fingerprint density at radius 3 is 3.00 bits per heavy atom. The van der Waals surface area contributed by atoms with E-state index >= 15 is 0 Å². The molecule has 0 bridgehead atoms. The van der Waals surface area contributed by atoms with Crippen molar-refractivity contribution in [3.05, 3.63) is 0 Å². The minimum atomic E-state index is -0.226. The Kier molecular flexibility index (Phi) is 4.67. The van der Waals surface area contributed by atoms with E-state index in [-0.39, 0.29) is 12.8 Å². The second-order valence-corrected chi connectivity index (χ2v) is 3.96. The fourth-order valence-electron chi connectivity index (χ4n) is 2.11. The molecule has 13 heavy (non-hydrogen) atoms. The smallest absolute Gasteiger partial charge is 0.0906 e. The number of nitrogens with zero attached hydrogens (tertiary/aromatic N) is 1. The summed E-state index contributed by atoms with van der Waals surface area (Å²) in [5, 5.41) is 9.26. The molecule has 0 aromatic rings. The van der Waals surface area contributed by atoms with Crippen LogP contribution >= 0.6 is 0 Å². The van der Waals surface area contributed by atoms with Gasteiger partial charge in [-0.3, -0.25) is 4.39 Å². The van der Waals surface area contributed by atoms with E-state index in [4.69, 9.17) is 0 Å². The van der Waals surface area contributed by atoms with Gasteiger partial charge in [0.05, 0.1) is 12.8 Å². The Hall–Kier alpha value is -0.150. The first-order valence-electron chi connectivity index (χ1n) is 5.22. The molecule has 0 radical (unpaired) electrons. The van der Waals surface area contributed by atoms with E-state index in [1.54, 1.807) is 0 Å². The van der Waals surface area contributed by atoms with Gasteiger partial charge in [0.1, 0.15) is 0 Å². The van der Waals surface area contributed by atoms with Crippen molar-refractivity contribution >= 4 is 0 Å². The lowest BCUT2D eigenvalue weighted by Crippen LogP contribution is -2.32. The number of aliphatic hydroxyl groups is 1. The van der Waals surface area contributed by atoms with Crippen LogP contribution in [0.25, 0.3) is 0 Å². The molecule has 2 nitrogen and oxygen atoms in total. The van der Waals surface area contributed by atoms with E-state index < -0.39 is 0 Å². The van der Waals surface area contributed by atoms with Crippen LogP contribution in [-0.2, 0) is 0 Å². The van der Waals surface area contributed by atoms with Gasteiger partial charge in [0.25, 0.3) is 0 Å². The molecular formula is C10H20FNO. The topological polar surface area (TPSA) is 23.5 Å². The molecule has 2 unspecified atom stereocenters. The van der Waals surface area contributed by atoms with Crippen molar-refractivity contribution < 1.29 is 9.50 Å². The van der Waals surface area contributed by atoms with Crippen LogP contribution in [-0.4, -0.2) is 41.9 Å². The zero-order chi connectivity index (χ0) is 9.68. The number of hydrogen-bond acceptors (Lipinski definition) is 2. The van der Waals surface area contributed by atoms with E-state index in [0.29, 0.717) is 12.5 Å². The minimum Gasteiger partial charge on any atom is -0.393 e. The van der Waals surface area contributed by atoms with Crippen molar-refractivity contribution in [2.24, 2.45) is 0 Å². The van der Waals surface area contributed by atoms with Crippen molar-refractivity contribution in [3.63, 3.8) is 0 Å². The number of halogens is 1. The number of likely N-dealkylation sites (tertiary alicyclic amines) is 1. The highest BCUT2D eigenvalue weighted by molar-refractivity contribution is 4.80. The lowest BCUT2D eigenvalue weighted by Gasteiger charge is -2.24. The summed E-state index contributed by atoms with van der Waals surface area (Å²) in [5.74, 6) is 0. The molecular weight excluding hydrogens is 169 g/mol. The molecule has 0 aromatic heterocycles. The Bertz CT molecular complexity index is 141. The van der Waals surface area contributed by atoms with Crippen molar-refractivity contribution in [2.45, 2.75) is 44.8 Å². The van der Waals surface area contributed by atoms with Gasteiger partial charge in [-0.05, 0) is 39.2 Å². The highest BCUT2D eigenvalue weighted by Crippen LogP contribution is 2.21. The minimum absolute atomic E-state index is 0.224. The summed E-state index contributed by atoms with van der Waals surface area (Å²) in [7, 11) is 0. The lowest BCUT2D eigenvalue weighted by atomic mass is 10.1. The second-order valence-electron chi connectivity index (χ2n) is 3.96. The van der Waals surface area contributed by atoms with Gasteiger partial charge in [-0.1, -0.05) is 0 Å². The fraction of sp³-hybridized carbons (Fsp3) is 1.00. The van der Waals surface area contributed by atoms with Crippen LogP contribution in [0.15, 0.2) is 0 Å². The lowest BCUT2D eigenvalue weighted by molar-refractivity contribution is 0.132. The second kappa shape index (κ2) is 5.55. The van der Waals surface area contributed by atoms with Crippen LogP contribution in [0.2, 0.25) is 0 Å². The summed E-state index contributed by atoms with van der Waals surface area (Å²) in [4.78, 5) is 2.31. The molecule has 1 saturated heterocycles. The summed E-state index contributed by atoms with van der Waals surface area (Å²) in [5.41, 5.74) is 0. The molecule has 1 rings (SSSR count). The molecule has 1 aliphatic rings. The molecule has 1 heterocycles. The van der Waals surface area contributed by atoms with E-state index in [1.165, 1.54) is 6.42 Å². The SMILES string of the molecule is CC(O)CC1CCCN1CCCF. The standard InChI is InChI=1S/C10H20FNO/c1-9(13)8-10-4-2-6-12(10)7-3-5-11/h9-10,13H,2-8H2,1H3. The van der Waals surface area contributed by atoms with Crippen molar-refractivity contribution in [1.29, 1.82) is 0 Å². The summed E-state index contributed by atoms with van der Waals surface area (Å²) in [6, 6.07) is 0.492. The molecule has 0 saturated carbocycles. The third-order valence-electron chi connectivity index (χ3n) is 2.69. The van der Waals surface area contributed by atoms with Crippen LogP contribution in [0.5, 0.6) is 0 Å². The Morgan fingerprint density at radius 1 is 1.62 bits per heavy atom. The summed E-state index contributed by atoms with van der Waals surface area (Å²) >= 11 is 0. The molecule has 0 spiro atoms. The molecule has 1 fully saturated rings. The van der Waals surface area contributed by atoms with E-state index in [1.807, 2.05) is 6.92 Å². The van der Waals surface area contributed by atoms with Gasteiger partial charge in [0, 0.05) is 12.6 Å². The van der Waals surface area contributed by atoms with Gasteiger partial charge in [-0.25, -0.2) is 0 Å². The molecule has 3 heteroatoms. The molecule has 0 aliphatic carbocycles. The third kappa shape index (κ3) is 3.61. The van der Waals surface area contributed by atoms with Crippen LogP contribution < -0.4 is 0 Å². The predicted molar refractivity (Wildman–Crippen MR) is 51.5 cm³/mol. The maximum absolute atomic E-state index is 12.0. The van der Waals surface area contributed by atoms with Crippen molar-refractivity contribution in [1.82, 2.24) is 4.90 Å². The number of alkyl halides is 1. The maximum atomic E-state index is 12.0. The maximum Gasteiger partial charge on any atom is 0.0906 e. The van der Waals surface area contributed by atoms with Gasteiger partial charge < -0.3 is 10.0 Å². The zero-order valence-electron chi connectivity index (χ0n) is 8.38.